The Bertz CT molecular complexity index is 343. The van der Waals surface area contributed by atoms with Gasteiger partial charge < -0.3 is 19.3 Å². The lowest BCUT2D eigenvalue weighted by Crippen LogP contribution is -2.33. The largest absolute Gasteiger partial charge is 0.370 e. The Labute approximate surface area is 93.3 Å². The Kier molecular flexibility index (Phi) is 2.86. The number of rotatable bonds is 2. The number of nitrogens with zero attached hydrogens (tertiary/aromatic N) is 2. The number of ether oxygens (including phenoxy) is 2. The number of aromatic nitrogens is 2. The molecule has 2 unspecified atom stereocenters. The third-order valence-electron chi connectivity index (χ3n) is 2.88. The van der Waals surface area contributed by atoms with Crippen LogP contribution in [0.15, 0.2) is 4.52 Å². The summed E-state index contributed by atoms with van der Waals surface area (Å²) in [6.45, 7) is 3.08. The van der Waals surface area contributed by atoms with E-state index in [1.165, 1.54) is 0 Å². The lowest BCUT2D eigenvalue weighted by Gasteiger charge is -2.19. The van der Waals surface area contributed by atoms with Crippen LogP contribution in [0.1, 0.15) is 36.8 Å². The average molecular weight is 225 g/mol. The predicted molar refractivity (Wildman–Crippen MR) is 53.8 cm³/mol. The molecule has 2 aliphatic rings. The molecule has 0 aromatic carbocycles. The average Bonchev–Trinajstić information content (AvgIpc) is 3.01. The highest BCUT2D eigenvalue weighted by molar-refractivity contribution is 4.96. The van der Waals surface area contributed by atoms with E-state index in [1.54, 1.807) is 0 Å². The molecule has 6 nitrogen and oxygen atoms in total. The zero-order valence-corrected chi connectivity index (χ0v) is 9.02. The van der Waals surface area contributed by atoms with E-state index in [4.69, 9.17) is 14.0 Å². The summed E-state index contributed by atoms with van der Waals surface area (Å²) in [6, 6.07) is 0. The topological polar surface area (TPSA) is 69.4 Å². The molecule has 2 atom stereocenters. The van der Waals surface area contributed by atoms with Crippen LogP contribution in [0.25, 0.3) is 0 Å². The molecule has 0 spiro atoms. The van der Waals surface area contributed by atoms with Crippen molar-refractivity contribution in [1.82, 2.24) is 15.5 Å². The lowest BCUT2D eigenvalue weighted by molar-refractivity contribution is 0.00754. The van der Waals surface area contributed by atoms with E-state index in [-0.39, 0.29) is 12.2 Å². The Morgan fingerprint density at radius 1 is 1.19 bits per heavy atom. The van der Waals surface area contributed by atoms with E-state index >= 15 is 0 Å². The Hall–Kier alpha value is -0.980. The van der Waals surface area contributed by atoms with E-state index < -0.39 is 0 Å². The van der Waals surface area contributed by atoms with E-state index in [2.05, 4.69) is 15.5 Å². The fourth-order valence-corrected chi connectivity index (χ4v) is 2.01. The van der Waals surface area contributed by atoms with Gasteiger partial charge in [0.15, 0.2) is 0 Å². The van der Waals surface area contributed by atoms with Gasteiger partial charge in [0.2, 0.25) is 5.82 Å². The number of hydrogen-bond donors (Lipinski definition) is 1. The third kappa shape index (κ3) is 1.95. The molecule has 0 radical (unpaired) electrons. The maximum absolute atomic E-state index is 5.54. The summed E-state index contributed by atoms with van der Waals surface area (Å²) in [6.07, 6.45) is 1.93. The summed E-state index contributed by atoms with van der Waals surface area (Å²) in [5, 5.41) is 7.18. The Morgan fingerprint density at radius 2 is 2.12 bits per heavy atom. The van der Waals surface area contributed by atoms with Gasteiger partial charge in [0.05, 0.1) is 6.61 Å². The van der Waals surface area contributed by atoms with Crippen molar-refractivity contribution in [1.29, 1.82) is 0 Å². The summed E-state index contributed by atoms with van der Waals surface area (Å²) in [4.78, 5) is 4.35. The molecular formula is C10H15N3O3. The third-order valence-corrected chi connectivity index (χ3v) is 2.88. The predicted octanol–water partition coefficient (Wildman–Crippen LogP) is 0.582. The van der Waals surface area contributed by atoms with Crippen molar-refractivity contribution in [3.63, 3.8) is 0 Å². The molecule has 2 saturated heterocycles. The first kappa shape index (κ1) is 10.2. The van der Waals surface area contributed by atoms with Crippen LogP contribution in [0.2, 0.25) is 0 Å². The molecule has 0 bridgehead atoms. The highest BCUT2D eigenvalue weighted by Gasteiger charge is 2.27. The fraction of sp³-hybridized carbons (Fsp3) is 0.800. The summed E-state index contributed by atoms with van der Waals surface area (Å²) < 4.78 is 16.2. The highest BCUT2D eigenvalue weighted by atomic mass is 16.5. The summed E-state index contributed by atoms with van der Waals surface area (Å²) >= 11 is 0. The first-order valence-corrected chi connectivity index (χ1v) is 5.71. The molecular weight excluding hydrogens is 210 g/mol. The van der Waals surface area contributed by atoms with Gasteiger partial charge in [0, 0.05) is 19.7 Å². The van der Waals surface area contributed by atoms with Crippen LogP contribution in [0.4, 0.5) is 0 Å². The molecule has 3 rings (SSSR count). The minimum absolute atomic E-state index is 0.00838. The van der Waals surface area contributed by atoms with Crippen molar-refractivity contribution in [2.24, 2.45) is 0 Å². The van der Waals surface area contributed by atoms with E-state index in [1.807, 2.05) is 0 Å². The lowest BCUT2D eigenvalue weighted by atomic mass is 10.2. The van der Waals surface area contributed by atoms with Gasteiger partial charge in [-0.3, -0.25) is 0 Å². The van der Waals surface area contributed by atoms with Crippen molar-refractivity contribution < 1.29 is 14.0 Å². The van der Waals surface area contributed by atoms with Gasteiger partial charge in [0.25, 0.3) is 5.89 Å². The zero-order chi connectivity index (χ0) is 10.8. The van der Waals surface area contributed by atoms with Gasteiger partial charge in [-0.25, -0.2) is 0 Å². The van der Waals surface area contributed by atoms with Gasteiger partial charge in [-0.1, -0.05) is 5.16 Å². The second-order valence-electron chi connectivity index (χ2n) is 4.06. The minimum atomic E-state index is -0.114. The normalized spacial score (nSPS) is 30.8. The van der Waals surface area contributed by atoms with Crippen molar-refractivity contribution in [2.45, 2.75) is 25.0 Å². The van der Waals surface area contributed by atoms with E-state index in [0.717, 1.165) is 32.5 Å². The van der Waals surface area contributed by atoms with Gasteiger partial charge in [-0.2, -0.15) is 4.98 Å². The van der Waals surface area contributed by atoms with Crippen molar-refractivity contribution in [3.05, 3.63) is 11.7 Å². The quantitative estimate of drug-likeness (QED) is 0.794. The SMILES string of the molecule is C1COC(c2noc(C3CNCCO3)n2)C1. The van der Waals surface area contributed by atoms with Crippen molar-refractivity contribution >= 4 is 0 Å². The first-order chi connectivity index (χ1) is 7.93. The first-order valence-electron chi connectivity index (χ1n) is 5.71. The number of hydrogen-bond acceptors (Lipinski definition) is 6. The highest BCUT2D eigenvalue weighted by Crippen LogP contribution is 2.27. The van der Waals surface area contributed by atoms with Crippen LogP contribution in [-0.4, -0.2) is 36.4 Å². The van der Waals surface area contributed by atoms with Crippen molar-refractivity contribution in [2.75, 3.05) is 26.3 Å². The standard InChI is InChI=1S/C10H15N3O3/c1-2-7(14-4-1)9-12-10(16-13-9)8-6-11-3-5-15-8/h7-8,11H,1-6H2. The molecule has 6 heteroatoms. The molecule has 16 heavy (non-hydrogen) atoms. The summed E-state index contributed by atoms with van der Waals surface area (Å²) in [7, 11) is 0. The maximum Gasteiger partial charge on any atom is 0.257 e. The monoisotopic (exact) mass is 225 g/mol. The fourth-order valence-electron chi connectivity index (χ4n) is 2.01. The zero-order valence-electron chi connectivity index (χ0n) is 9.02. The number of nitrogens with one attached hydrogen (secondary N) is 1. The molecule has 0 aliphatic carbocycles. The van der Waals surface area contributed by atoms with Crippen LogP contribution in [0.5, 0.6) is 0 Å². The van der Waals surface area contributed by atoms with E-state index in [0.29, 0.717) is 18.3 Å². The van der Waals surface area contributed by atoms with Gasteiger partial charge >= 0.3 is 0 Å². The molecule has 1 aromatic rings. The second kappa shape index (κ2) is 4.48. The van der Waals surface area contributed by atoms with Gasteiger partial charge in [-0.05, 0) is 12.8 Å². The van der Waals surface area contributed by atoms with Crippen LogP contribution >= 0.6 is 0 Å². The summed E-state index contributed by atoms with van der Waals surface area (Å²) in [5.74, 6) is 1.21. The van der Waals surface area contributed by atoms with Crippen LogP contribution < -0.4 is 5.32 Å². The molecule has 2 fully saturated rings. The molecule has 0 saturated carbocycles. The molecule has 1 N–H and O–H groups in total. The van der Waals surface area contributed by atoms with Crippen LogP contribution in [0, 0.1) is 0 Å². The Morgan fingerprint density at radius 3 is 2.88 bits per heavy atom. The number of morpholine rings is 1. The molecule has 1 aromatic heterocycles. The van der Waals surface area contributed by atoms with Crippen LogP contribution in [-0.2, 0) is 9.47 Å². The Balaban J connectivity index is 1.71. The van der Waals surface area contributed by atoms with Crippen LogP contribution in [0.3, 0.4) is 0 Å². The molecule has 2 aliphatic heterocycles. The minimum Gasteiger partial charge on any atom is -0.370 e. The van der Waals surface area contributed by atoms with Gasteiger partial charge in [-0.15, -0.1) is 0 Å². The van der Waals surface area contributed by atoms with Crippen molar-refractivity contribution in [3.8, 4) is 0 Å². The maximum atomic E-state index is 5.54. The molecule has 0 amide bonds. The molecule has 88 valence electrons. The smallest absolute Gasteiger partial charge is 0.257 e. The van der Waals surface area contributed by atoms with Gasteiger partial charge in [0.1, 0.15) is 12.2 Å². The second-order valence-corrected chi connectivity index (χ2v) is 4.06. The van der Waals surface area contributed by atoms with E-state index in [9.17, 15) is 0 Å². The summed E-state index contributed by atoms with van der Waals surface area (Å²) in [5.41, 5.74) is 0. The molecule has 3 heterocycles.